The van der Waals surface area contributed by atoms with Gasteiger partial charge < -0.3 is 10.2 Å². The third-order valence-electron chi connectivity index (χ3n) is 2.26. The van der Waals surface area contributed by atoms with Crippen LogP contribution in [0.3, 0.4) is 0 Å². The van der Waals surface area contributed by atoms with Gasteiger partial charge in [-0.3, -0.25) is 0 Å². The summed E-state index contributed by atoms with van der Waals surface area (Å²) in [7, 11) is 0. The second-order valence-electron chi connectivity index (χ2n) is 3.32. The minimum Gasteiger partial charge on any atom is -0.508 e. The van der Waals surface area contributed by atoms with E-state index in [9.17, 15) is 10.2 Å². The highest BCUT2D eigenvalue weighted by Gasteiger charge is 2.44. The van der Waals surface area contributed by atoms with E-state index in [1.54, 1.807) is 6.07 Å². The molecule has 1 aromatic rings. The summed E-state index contributed by atoms with van der Waals surface area (Å²) in [5.41, 5.74) is -0.310. The molecule has 2 rings (SSSR count). The Hall–Kier alpha value is -0.250. The van der Waals surface area contributed by atoms with Crippen LogP contribution in [0.25, 0.3) is 0 Å². The number of hydrogen-bond acceptors (Lipinski definition) is 2. The summed E-state index contributed by atoms with van der Waals surface area (Å²) < 4.78 is 0.639. The van der Waals surface area contributed by atoms with Gasteiger partial charge in [-0.25, -0.2) is 0 Å². The van der Waals surface area contributed by atoms with E-state index in [4.69, 9.17) is 11.6 Å². The van der Waals surface area contributed by atoms with Crippen LogP contribution in [-0.4, -0.2) is 10.2 Å². The average molecular weight is 264 g/mol. The normalized spacial score (nSPS) is 18.7. The maximum atomic E-state index is 9.76. The van der Waals surface area contributed by atoms with Gasteiger partial charge in [0.1, 0.15) is 5.75 Å². The van der Waals surface area contributed by atoms with Gasteiger partial charge in [0, 0.05) is 10.0 Å². The van der Waals surface area contributed by atoms with Crippen molar-refractivity contribution in [1.29, 1.82) is 0 Å². The highest BCUT2D eigenvalue weighted by Crippen LogP contribution is 2.50. The minimum atomic E-state index is -0.839. The second-order valence-corrected chi connectivity index (χ2v) is 4.58. The quantitative estimate of drug-likeness (QED) is 0.818. The molecule has 0 spiro atoms. The first-order valence-electron chi connectivity index (χ1n) is 3.94. The van der Waals surface area contributed by atoms with Crippen molar-refractivity contribution in [3.8, 4) is 5.75 Å². The Balaban J connectivity index is 2.52. The minimum absolute atomic E-state index is 0.0938. The fourth-order valence-corrected chi connectivity index (χ4v) is 1.79. The molecule has 70 valence electrons. The van der Waals surface area contributed by atoms with E-state index in [1.165, 1.54) is 6.07 Å². The molecule has 0 heterocycles. The van der Waals surface area contributed by atoms with Crippen LogP contribution in [0.4, 0.5) is 0 Å². The number of rotatable bonds is 1. The first kappa shape index (κ1) is 9.31. The third-order valence-corrected chi connectivity index (χ3v) is 3.46. The van der Waals surface area contributed by atoms with Gasteiger partial charge in [0.05, 0.1) is 10.6 Å². The molecule has 1 aliphatic carbocycles. The molecule has 0 radical (unpaired) electrons. The van der Waals surface area contributed by atoms with Gasteiger partial charge >= 0.3 is 0 Å². The molecule has 0 amide bonds. The van der Waals surface area contributed by atoms with Crippen LogP contribution in [0, 0.1) is 0 Å². The van der Waals surface area contributed by atoms with Crippen LogP contribution in [0.5, 0.6) is 5.75 Å². The van der Waals surface area contributed by atoms with Crippen molar-refractivity contribution in [1.82, 2.24) is 0 Å². The Bertz CT molecular complexity index is 361. The Morgan fingerprint density at radius 1 is 1.38 bits per heavy atom. The SMILES string of the molecule is Oc1cc(Br)c(Cl)cc1C1(O)CC1. The molecule has 1 saturated carbocycles. The number of phenols is 1. The van der Waals surface area contributed by atoms with Gasteiger partial charge in [-0.15, -0.1) is 0 Å². The van der Waals surface area contributed by atoms with Crippen molar-refractivity contribution in [2.45, 2.75) is 18.4 Å². The van der Waals surface area contributed by atoms with Crippen molar-refractivity contribution in [2.75, 3.05) is 0 Å². The molecule has 2 N–H and O–H groups in total. The van der Waals surface area contributed by atoms with E-state index in [2.05, 4.69) is 15.9 Å². The molecule has 0 aliphatic heterocycles. The molecule has 0 bridgehead atoms. The lowest BCUT2D eigenvalue weighted by Gasteiger charge is -2.11. The van der Waals surface area contributed by atoms with E-state index in [0.29, 0.717) is 27.9 Å². The summed E-state index contributed by atoms with van der Waals surface area (Å²) in [5, 5.41) is 19.8. The number of benzene rings is 1. The molecule has 1 fully saturated rings. The summed E-state index contributed by atoms with van der Waals surface area (Å²) in [6.45, 7) is 0. The van der Waals surface area contributed by atoms with Crippen molar-refractivity contribution in [3.63, 3.8) is 0 Å². The van der Waals surface area contributed by atoms with Crippen molar-refractivity contribution in [2.24, 2.45) is 0 Å². The number of hydrogen-bond donors (Lipinski definition) is 2. The summed E-state index contributed by atoms with van der Waals surface area (Å²) >= 11 is 9.04. The lowest BCUT2D eigenvalue weighted by molar-refractivity contribution is 0.148. The van der Waals surface area contributed by atoms with Crippen molar-refractivity contribution in [3.05, 3.63) is 27.2 Å². The molecule has 1 aliphatic rings. The van der Waals surface area contributed by atoms with E-state index in [0.717, 1.165) is 0 Å². The van der Waals surface area contributed by atoms with E-state index in [1.807, 2.05) is 0 Å². The van der Waals surface area contributed by atoms with Gasteiger partial charge in [-0.1, -0.05) is 11.6 Å². The van der Waals surface area contributed by atoms with E-state index >= 15 is 0 Å². The summed E-state index contributed by atoms with van der Waals surface area (Å²) in [6, 6.07) is 3.11. The molecule has 0 unspecified atom stereocenters. The largest absolute Gasteiger partial charge is 0.508 e. The van der Waals surface area contributed by atoms with Crippen molar-refractivity contribution < 1.29 is 10.2 Å². The molecule has 0 saturated heterocycles. The molecular weight excluding hydrogens is 255 g/mol. The summed E-state index contributed by atoms with van der Waals surface area (Å²) in [6.07, 6.45) is 1.39. The lowest BCUT2D eigenvalue weighted by Crippen LogP contribution is -2.04. The number of aliphatic hydroxyl groups is 1. The fourth-order valence-electron chi connectivity index (χ4n) is 1.30. The van der Waals surface area contributed by atoms with E-state index in [-0.39, 0.29) is 5.75 Å². The second kappa shape index (κ2) is 2.87. The summed E-state index contributed by atoms with van der Waals surface area (Å²) in [5.74, 6) is 0.0938. The van der Waals surface area contributed by atoms with Gasteiger partial charge in [0.2, 0.25) is 0 Å². The van der Waals surface area contributed by atoms with Crippen LogP contribution >= 0.6 is 27.5 Å². The molecule has 13 heavy (non-hydrogen) atoms. The summed E-state index contributed by atoms with van der Waals surface area (Å²) in [4.78, 5) is 0. The zero-order valence-electron chi connectivity index (χ0n) is 6.72. The first-order chi connectivity index (χ1) is 6.03. The van der Waals surface area contributed by atoms with Crippen LogP contribution in [0.2, 0.25) is 5.02 Å². The van der Waals surface area contributed by atoms with E-state index < -0.39 is 5.60 Å². The predicted octanol–water partition coefficient (Wildman–Crippen LogP) is 2.79. The molecule has 0 atom stereocenters. The number of halogens is 2. The van der Waals surface area contributed by atoms with Crippen LogP contribution in [0.1, 0.15) is 18.4 Å². The van der Waals surface area contributed by atoms with Gasteiger partial charge in [-0.05, 0) is 40.9 Å². The Kier molecular flexibility index (Phi) is 2.06. The highest BCUT2D eigenvalue weighted by atomic mass is 79.9. The Labute approximate surface area is 89.3 Å². The van der Waals surface area contributed by atoms with Crippen molar-refractivity contribution >= 4 is 27.5 Å². The third kappa shape index (κ3) is 1.56. The first-order valence-corrected chi connectivity index (χ1v) is 5.11. The lowest BCUT2D eigenvalue weighted by atomic mass is 10.1. The molecular formula is C9H8BrClO2. The molecule has 2 nitrogen and oxygen atoms in total. The van der Waals surface area contributed by atoms with Gasteiger partial charge in [0.15, 0.2) is 0 Å². The predicted molar refractivity (Wildman–Crippen MR) is 53.9 cm³/mol. The maximum absolute atomic E-state index is 9.76. The number of aromatic hydroxyl groups is 1. The van der Waals surface area contributed by atoms with Crippen LogP contribution in [-0.2, 0) is 5.60 Å². The molecule has 4 heteroatoms. The zero-order valence-corrected chi connectivity index (χ0v) is 9.06. The van der Waals surface area contributed by atoms with Crippen LogP contribution in [0.15, 0.2) is 16.6 Å². The smallest absolute Gasteiger partial charge is 0.122 e. The molecule has 1 aromatic carbocycles. The highest BCUT2D eigenvalue weighted by molar-refractivity contribution is 9.10. The maximum Gasteiger partial charge on any atom is 0.122 e. The number of phenolic OH excluding ortho intramolecular Hbond substituents is 1. The topological polar surface area (TPSA) is 40.5 Å². The zero-order chi connectivity index (χ0) is 9.64. The standard InChI is InChI=1S/C9H8BrClO2/c10-6-4-8(12)5(3-7(6)11)9(13)1-2-9/h3-4,12-13H,1-2H2. The fraction of sp³-hybridized carbons (Fsp3) is 0.333. The van der Waals surface area contributed by atoms with Gasteiger partial charge in [-0.2, -0.15) is 0 Å². The van der Waals surface area contributed by atoms with Gasteiger partial charge in [0.25, 0.3) is 0 Å². The van der Waals surface area contributed by atoms with Crippen LogP contribution < -0.4 is 0 Å². The monoisotopic (exact) mass is 262 g/mol. The Morgan fingerprint density at radius 2 is 2.00 bits per heavy atom. The Morgan fingerprint density at radius 3 is 2.54 bits per heavy atom. The average Bonchev–Trinajstić information content (AvgIpc) is 2.77. The molecule has 0 aromatic heterocycles.